The number of hydrogen-bond donors (Lipinski definition) is 1. The van der Waals surface area contributed by atoms with Crippen molar-refractivity contribution in [3.8, 4) is 0 Å². The predicted octanol–water partition coefficient (Wildman–Crippen LogP) is 4.17. The highest BCUT2D eigenvalue weighted by Crippen LogP contribution is 2.16. The fourth-order valence-corrected chi connectivity index (χ4v) is 3.05. The molecule has 0 aliphatic heterocycles. The lowest BCUT2D eigenvalue weighted by Crippen LogP contribution is -2.06. The van der Waals surface area contributed by atoms with Crippen molar-refractivity contribution in [2.24, 2.45) is 7.05 Å². The Labute approximate surface area is 141 Å². The largest absolute Gasteiger partial charge is 0.370 e. The minimum absolute atomic E-state index is 0.883. The molecule has 1 N–H and O–H groups in total. The van der Waals surface area contributed by atoms with Gasteiger partial charge in [0.25, 0.3) is 0 Å². The summed E-state index contributed by atoms with van der Waals surface area (Å²) in [5.41, 5.74) is 3.29. The van der Waals surface area contributed by atoms with Crippen molar-refractivity contribution < 1.29 is 0 Å². The molecule has 0 aliphatic rings. The first-order valence-electron chi connectivity index (χ1n) is 8.31. The molecule has 24 heavy (non-hydrogen) atoms. The van der Waals surface area contributed by atoms with E-state index in [1.54, 1.807) is 0 Å². The van der Waals surface area contributed by atoms with Crippen LogP contribution in [0.25, 0.3) is 21.9 Å². The van der Waals surface area contributed by atoms with E-state index in [1.807, 2.05) is 30.3 Å². The zero-order valence-corrected chi connectivity index (χ0v) is 13.7. The van der Waals surface area contributed by atoms with Crippen LogP contribution in [0.5, 0.6) is 0 Å². The maximum absolute atomic E-state index is 4.72. The Morgan fingerprint density at radius 3 is 2.54 bits per heavy atom. The first-order valence-corrected chi connectivity index (χ1v) is 8.31. The van der Waals surface area contributed by atoms with E-state index >= 15 is 0 Å². The zero-order chi connectivity index (χ0) is 16.4. The summed E-state index contributed by atoms with van der Waals surface area (Å²) in [4.78, 5) is 9.36. The first-order chi connectivity index (χ1) is 11.8. The standard InChI is InChI=1S/C20H20N4/c1-24-18-10-5-4-9-17(18)23-20(24)11-6-14-21-19-13-12-15-7-2-3-8-16(15)22-19/h2-5,7-10,12-13H,6,11,14H2,1H3,(H,21,22). The summed E-state index contributed by atoms with van der Waals surface area (Å²) in [6.07, 6.45) is 1.97. The van der Waals surface area contributed by atoms with Gasteiger partial charge >= 0.3 is 0 Å². The molecule has 120 valence electrons. The number of nitrogens with one attached hydrogen (secondary N) is 1. The molecule has 0 radical (unpaired) electrons. The summed E-state index contributed by atoms with van der Waals surface area (Å²) < 4.78 is 2.18. The van der Waals surface area contributed by atoms with Crippen molar-refractivity contribution in [1.82, 2.24) is 14.5 Å². The van der Waals surface area contributed by atoms with Crippen molar-refractivity contribution in [2.45, 2.75) is 12.8 Å². The molecule has 0 atom stereocenters. The Morgan fingerprint density at radius 2 is 1.67 bits per heavy atom. The lowest BCUT2D eigenvalue weighted by atomic mass is 10.2. The number of anilines is 1. The quantitative estimate of drug-likeness (QED) is 0.562. The predicted molar refractivity (Wildman–Crippen MR) is 99.3 cm³/mol. The number of aryl methyl sites for hydroxylation is 2. The molecular formula is C20H20N4. The number of rotatable bonds is 5. The second kappa shape index (κ2) is 6.32. The summed E-state index contributed by atoms with van der Waals surface area (Å²) in [6.45, 7) is 0.883. The van der Waals surface area contributed by atoms with Gasteiger partial charge in [0.15, 0.2) is 0 Å². The second-order valence-electron chi connectivity index (χ2n) is 6.00. The van der Waals surface area contributed by atoms with Gasteiger partial charge in [-0.2, -0.15) is 0 Å². The van der Waals surface area contributed by atoms with E-state index in [9.17, 15) is 0 Å². The van der Waals surface area contributed by atoms with E-state index in [0.29, 0.717) is 0 Å². The molecule has 0 spiro atoms. The number of hydrogen-bond acceptors (Lipinski definition) is 3. The van der Waals surface area contributed by atoms with E-state index < -0.39 is 0 Å². The normalized spacial score (nSPS) is 11.2. The molecule has 0 fully saturated rings. The minimum atomic E-state index is 0.883. The van der Waals surface area contributed by atoms with Gasteiger partial charge in [-0.25, -0.2) is 9.97 Å². The van der Waals surface area contributed by atoms with E-state index in [4.69, 9.17) is 4.98 Å². The van der Waals surface area contributed by atoms with Gasteiger partial charge in [0, 0.05) is 25.4 Å². The average molecular weight is 316 g/mol. The highest BCUT2D eigenvalue weighted by molar-refractivity contribution is 5.80. The highest BCUT2D eigenvalue weighted by atomic mass is 15.1. The van der Waals surface area contributed by atoms with Gasteiger partial charge in [0.2, 0.25) is 0 Å². The summed E-state index contributed by atoms with van der Waals surface area (Å²) in [7, 11) is 2.09. The highest BCUT2D eigenvalue weighted by Gasteiger charge is 2.06. The smallest absolute Gasteiger partial charge is 0.126 e. The topological polar surface area (TPSA) is 42.7 Å². The van der Waals surface area contributed by atoms with Crippen LogP contribution in [0.3, 0.4) is 0 Å². The molecular weight excluding hydrogens is 296 g/mol. The molecule has 4 rings (SSSR count). The van der Waals surface area contributed by atoms with Crippen LogP contribution in [0, 0.1) is 0 Å². The number of imidazole rings is 1. The molecule has 4 aromatic rings. The zero-order valence-electron chi connectivity index (χ0n) is 13.7. The number of nitrogens with zero attached hydrogens (tertiary/aromatic N) is 3. The number of fused-ring (bicyclic) bond motifs is 2. The number of para-hydroxylation sites is 3. The van der Waals surface area contributed by atoms with Gasteiger partial charge in [-0.15, -0.1) is 0 Å². The molecule has 2 heterocycles. The summed E-state index contributed by atoms with van der Waals surface area (Å²) in [6, 6.07) is 20.6. The average Bonchev–Trinajstić information content (AvgIpc) is 2.95. The lowest BCUT2D eigenvalue weighted by molar-refractivity contribution is 0.752. The molecule has 0 unspecified atom stereocenters. The van der Waals surface area contributed by atoms with Crippen LogP contribution >= 0.6 is 0 Å². The van der Waals surface area contributed by atoms with Crippen LogP contribution in [0.2, 0.25) is 0 Å². The van der Waals surface area contributed by atoms with Gasteiger partial charge in [-0.3, -0.25) is 0 Å². The fraction of sp³-hybridized carbons (Fsp3) is 0.200. The number of aromatic nitrogens is 3. The third kappa shape index (κ3) is 2.83. The summed E-state index contributed by atoms with van der Waals surface area (Å²) in [5, 5.41) is 4.58. The van der Waals surface area contributed by atoms with Gasteiger partial charge in [0.05, 0.1) is 16.6 Å². The third-order valence-electron chi connectivity index (χ3n) is 4.36. The van der Waals surface area contributed by atoms with Gasteiger partial charge in [-0.05, 0) is 36.8 Å². The van der Waals surface area contributed by atoms with Crippen molar-refractivity contribution >= 4 is 27.8 Å². The molecule has 0 saturated heterocycles. The Balaban J connectivity index is 1.38. The van der Waals surface area contributed by atoms with Crippen LogP contribution in [0.4, 0.5) is 5.82 Å². The van der Waals surface area contributed by atoms with E-state index in [1.165, 1.54) is 10.9 Å². The Bertz CT molecular complexity index is 987. The maximum Gasteiger partial charge on any atom is 0.126 e. The minimum Gasteiger partial charge on any atom is -0.370 e. The molecule has 0 aliphatic carbocycles. The molecule has 0 saturated carbocycles. The Morgan fingerprint density at radius 1 is 0.875 bits per heavy atom. The summed E-state index contributed by atoms with van der Waals surface area (Å²) in [5.74, 6) is 2.06. The van der Waals surface area contributed by atoms with Crippen LogP contribution in [-0.4, -0.2) is 21.1 Å². The van der Waals surface area contributed by atoms with Crippen molar-refractivity contribution in [2.75, 3.05) is 11.9 Å². The van der Waals surface area contributed by atoms with E-state index in [-0.39, 0.29) is 0 Å². The van der Waals surface area contributed by atoms with E-state index in [0.717, 1.165) is 42.1 Å². The molecule has 4 heteroatoms. The molecule has 2 aromatic carbocycles. The van der Waals surface area contributed by atoms with Crippen LogP contribution < -0.4 is 5.32 Å². The lowest BCUT2D eigenvalue weighted by Gasteiger charge is -2.07. The SMILES string of the molecule is Cn1c(CCCNc2ccc3ccccc3n2)nc2ccccc21. The molecule has 2 aromatic heterocycles. The first kappa shape index (κ1) is 14.7. The third-order valence-corrected chi connectivity index (χ3v) is 4.36. The maximum atomic E-state index is 4.72. The van der Waals surface area contributed by atoms with Crippen molar-refractivity contribution in [3.63, 3.8) is 0 Å². The van der Waals surface area contributed by atoms with Crippen LogP contribution in [-0.2, 0) is 13.5 Å². The number of benzene rings is 2. The molecule has 0 bridgehead atoms. The Kier molecular flexibility index (Phi) is 3.87. The number of pyridine rings is 1. The van der Waals surface area contributed by atoms with Crippen LogP contribution in [0.1, 0.15) is 12.2 Å². The van der Waals surface area contributed by atoms with Gasteiger partial charge < -0.3 is 9.88 Å². The Hall–Kier alpha value is -2.88. The molecule has 0 amide bonds. The monoisotopic (exact) mass is 316 g/mol. The van der Waals surface area contributed by atoms with Crippen molar-refractivity contribution in [3.05, 3.63) is 66.5 Å². The van der Waals surface area contributed by atoms with Gasteiger partial charge in [-0.1, -0.05) is 30.3 Å². The second-order valence-corrected chi connectivity index (χ2v) is 6.00. The summed E-state index contributed by atoms with van der Waals surface area (Å²) >= 11 is 0. The van der Waals surface area contributed by atoms with Gasteiger partial charge in [0.1, 0.15) is 11.6 Å². The van der Waals surface area contributed by atoms with Crippen molar-refractivity contribution in [1.29, 1.82) is 0 Å². The molecule has 4 nitrogen and oxygen atoms in total. The van der Waals surface area contributed by atoms with Crippen LogP contribution in [0.15, 0.2) is 60.7 Å². The fourth-order valence-electron chi connectivity index (χ4n) is 3.05. The van der Waals surface area contributed by atoms with E-state index in [2.05, 4.69) is 52.2 Å².